The summed E-state index contributed by atoms with van der Waals surface area (Å²) in [6.07, 6.45) is 0.732. The van der Waals surface area contributed by atoms with E-state index in [1.807, 2.05) is 6.07 Å². The first-order chi connectivity index (χ1) is 9.61. The molecule has 0 saturated carbocycles. The lowest BCUT2D eigenvalue weighted by atomic mass is 9.69. The van der Waals surface area contributed by atoms with Gasteiger partial charge < -0.3 is 5.32 Å². The molecule has 0 amide bonds. The largest absolute Gasteiger partial charge is 0.315 e. The van der Waals surface area contributed by atoms with E-state index in [0.29, 0.717) is 0 Å². The molecule has 0 unspecified atom stereocenters. The molecule has 1 aliphatic rings. The molecule has 0 aliphatic carbocycles. The topological polar surface area (TPSA) is 12.0 Å². The number of benzene rings is 2. The van der Waals surface area contributed by atoms with Crippen molar-refractivity contribution in [2.24, 2.45) is 0 Å². The minimum atomic E-state index is -0.118. The van der Waals surface area contributed by atoms with Crippen LogP contribution in [0.5, 0.6) is 0 Å². The van der Waals surface area contributed by atoms with E-state index < -0.39 is 0 Å². The Morgan fingerprint density at radius 2 is 1.95 bits per heavy atom. The molecule has 1 heterocycles. The molecule has 0 aromatic heterocycles. The molecule has 20 heavy (non-hydrogen) atoms. The van der Waals surface area contributed by atoms with Gasteiger partial charge in [0.05, 0.1) is 0 Å². The van der Waals surface area contributed by atoms with Gasteiger partial charge in [0.25, 0.3) is 0 Å². The smallest absolute Gasteiger partial charge is 0.126 e. The second kappa shape index (κ2) is 5.30. The second-order valence-electron chi connectivity index (χ2n) is 5.61. The van der Waals surface area contributed by atoms with Crippen LogP contribution in [0.15, 0.2) is 46.9 Å². The SMILES string of the molecule is Cc1ccccc1C1(Cc2cc(Br)ccc2F)CNC1. The first-order valence-electron chi connectivity index (χ1n) is 6.81. The summed E-state index contributed by atoms with van der Waals surface area (Å²) in [5.74, 6) is -0.118. The summed E-state index contributed by atoms with van der Waals surface area (Å²) in [7, 11) is 0. The Morgan fingerprint density at radius 1 is 1.20 bits per heavy atom. The van der Waals surface area contributed by atoms with Gasteiger partial charge in [-0.25, -0.2) is 4.39 Å². The monoisotopic (exact) mass is 333 g/mol. The van der Waals surface area contributed by atoms with Crippen molar-refractivity contribution in [3.63, 3.8) is 0 Å². The summed E-state index contributed by atoms with van der Waals surface area (Å²) in [6.45, 7) is 3.94. The minimum Gasteiger partial charge on any atom is -0.315 e. The van der Waals surface area contributed by atoms with Gasteiger partial charge in [-0.2, -0.15) is 0 Å². The zero-order valence-corrected chi connectivity index (χ0v) is 13.0. The predicted octanol–water partition coefficient (Wildman–Crippen LogP) is 3.98. The van der Waals surface area contributed by atoms with Gasteiger partial charge in [0, 0.05) is 23.0 Å². The molecule has 1 nitrogen and oxygen atoms in total. The van der Waals surface area contributed by atoms with Crippen LogP contribution in [0.25, 0.3) is 0 Å². The Labute approximate surface area is 127 Å². The summed E-state index contributed by atoms with van der Waals surface area (Å²) >= 11 is 3.43. The Hall–Kier alpha value is -1.19. The summed E-state index contributed by atoms with van der Waals surface area (Å²) in [5.41, 5.74) is 3.42. The second-order valence-corrected chi connectivity index (χ2v) is 6.53. The van der Waals surface area contributed by atoms with Crippen molar-refractivity contribution in [2.45, 2.75) is 18.8 Å². The van der Waals surface area contributed by atoms with Crippen molar-refractivity contribution >= 4 is 15.9 Å². The van der Waals surface area contributed by atoms with Crippen LogP contribution >= 0.6 is 15.9 Å². The lowest BCUT2D eigenvalue weighted by Gasteiger charge is -2.44. The molecular weight excluding hydrogens is 317 g/mol. The highest BCUT2D eigenvalue weighted by molar-refractivity contribution is 9.10. The lowest BCUT2D eigenvalue weighted by Crippen LogP contribution is -2.58. The van der Waals surface area contributed by atoms with Crippen LogP contribution in [-0.2, 0) is 11.8 Å². The van der Waals surface area contributed by atoms with E-state index in [1.165, 1.54) is 17.2 Å². The number of hydrogen-bond acceptors (Lipinski definition) is 1. The number of hydrogen-bond donors (Lipinski definition) is 1. The molecule has 0 spiro atoms. The zero-order valence-electron chi connectivity index (χ0n) is 11.4. The Balaban J connectivity index is 1.98. The van der Waals surface area contributed by atoms with E-state index in [9.17, 15) is 4.39 Å². The summed E-state index contributed by atoms with van der Waals surface area (Å²) in [6, 6.07) is 13.6. The van der Waals surface area contributed by atoms with Gasteiger partial charge in [0.15, 0.2) is 0 Å². The number of nitrogens with one attached hydrogen (secondary N) is 1. The average molecular weight is 334 g/mol. The maximum Gasteiger partial charge on any atom is 0.126 e. The van der Waals surface area contributed by atoms with Crippen molar-refractivity contribution in [3.05, 3.63) is 69.4 Å². The van der Waals surface area contributed by atoms with Crippen molar-refractivity contribution in [2.75, 3.05) is 13.1 Å². The van der Waals surface area contributed by atoms with Gasteiger partial charge in [-0.05, 0) is 48.2 Å². The fraction of sp³-hybridized carbons (Fsp3) is 0.294. The molecule has 1 aliphatic heterocycles. The van der Waals surface area contributed by atoms with Gasteiger partial charge in [0.2, 0.25) is 0 Å². The third kappa shape index (κ3) is 2.40. The van der Waals surface area contributed by atoms with Gasteiger partial charge in [0.1, 0.15) is 5.82 Å². The molecule has 104 valence electrons. The number of halogens is 2. The van der Waals surface area contributed by atoms with E-state index in [1.54, 1.807) is 6.07 Å². The molecule has 0 bridgehead atoms. The maximum absolute atomic E-state index is 14.0. The fourth-order valence-corrected chi connectivity index (χ4v) is 3.46. The predicted molar refractivity (Wildman–Crippen MR) is 83.5 cm³/mol. The third-order valence-electron chi connectivity index (χ3n) is 4.18. The highest BCUT2D eigenvalue weighted by Crippen LogP contribution is 2.35. The highest BCUT2D eigenvalue weighted by atomic mass is 79.9. The summed E-state index contributed by atoms with van der Waals surface area (Å²) in [4.78, 5) is 0. The van der Waals surface area contributed by atoms with E-state index in [2.05, 4.69) is 52.4 Å². The van der Waals surface area contributed by atoms with Crippen LogP contribution in [0.4, 0.5) is 4.39 Å². The first kappa shape index (κ1) is 13.8. The molecule has 0 atom stereocenters. The highest BCUT2D eigenvalue weighted by Gasteiger charge is 2.40. The molecule has 2 aromatic carbocycles. The maximum atomic E-state index is 14.0. The molecule has 1 fully saturated rings. The standard InChI is InChI=1S/C17H17BrFN/c1-12-4-2-3-5-15(12)17(10-20-11-17)9-13-8-14(18)6-7-16(13)19/h2-8,20H,9-11H2,1H3. The van der Waals surface area contributed by atoms with Crippen molar-refractivity contribution in [3.8, 4) is 0 Å². The Morgan fingerprint density at radius 3 is 2.60 bits per heavy atom. The molecule has 1 saturated heterocycles. The van der Waals surface area contributed by atoms with Crippen molar-refractivity contribution < 1.29 is 4.39 Å². The molecule has 3 rings (SSSR count). The molecule has 2 aromatic rings. The van der Waals surface area contributed by atoms with Crippen LogP contribution in [0.3, 0.4) is 0 Å². The summed E-state index contributed by atoms with van der Waals surface area (Å²) in [5, 5.41) is 3.35. The average Bonchev–Trinajstić information content (AvgIpc) is 2.39. The van der Waals surface area contributed by atoms with E-state index >= 15 is 0 Å². The van der Waals surface area contributed by atoms with Gasteiger partial charge in [-0.15, -0.1) is 0 Å². The molecule has 0 radical (unpaired) electrons. The molecule has 1 N–H and O–H groups in total. The van der Waals surface area contributed by atoms with Gasteiger partial charge in [-0.1, -0.05) is 40.2 Å². The van der Waals surface area contributed by atoms with E-state index in [0.717, 1.165) is 29.5 Å². The molecule has 3 heteroatoms. The zero-order chi connectivity index (χ0) is 14.2. The van der Waals surface area contributed by atoms with Crippen molar-refractivity contribution in [1.82, 2.24) is 5.32 Å². The molecular formula is C17H17BrFN. The van der Waals surface area contributed by atoms with E-state index in [4.69, 9.17) is 0 Å². The number of rotatable bonds is 3. The van der Waals surface area contributed by atoms with Gasteiger partial charge >= 0.3 is 0 Å². The van der Waals surface area contributed by atoms with Crippen LogP contribution in [-0.4, -0.2) is 13.1 Å². The van der Waals surface area contributed by atoms with Crippen molar-refractivity contribution in [1.29, 1.82) is 0 Å². The van der Waals surface area contributed by atoms with E-state index in [-0.39, 0.29) is 11.2 Å². The van der Waals surface area contributed by atoms with Crippen LogP contribution in [0, 0.1) is 12.7 Å². The van der Waals surface area contributed by atoms with Gasteiger partial charge in [-0.3, -0.25) is 0 Å². The Kier molecular flexibility index (Phi) is 3.65. The summed E-state index contributed by atoms with van der Waals surface area (Å²) < 4.78 is 15.0. The quantitative estimate of drug-likeness (QED) is 0.895. The number of aryl methyl sites for hydroxylation is 1. The third-order valence-corrected chi connectivity index (χ3v) is 4.67. The van der Waals surface area contributed by atoms with Crippen LogP contribution < -0.4 is 5.32 Å². The first-order valence-corrected chi connectivity index (χ1v) is 7.61. The minimum absolute atomic E-state index is 0.0208. The van der Waals surface area contributed by atoms with Crippen LogP contribution in [0.1, 0.15) is 16.7 Å². The normalized spacial score (nSPS) is 16.8. The van der Waals surface area contributed by atoms with Crippen LogP contribution in [0.2, 0.25) is 0 Å². The lowest BCUT2D eigenvalue weighted by molar-refractivity contribution is 0.271. The Bertz CT molecular complexity index is 635. The fourth-order valence-electron chi connectivity index (χ4n) is 3.05.